The molecular weight excluding hydrogens is 686 g/mol. The van der Waals surface area contributed by atoms with Gasteiger partial charge in [-0.1, -0.05) is 20.8 Å². The summed E-state index contributed by atoms with van der Waals surface area (Å²) in [5.74, 6) is 0.571. The molecule has 3 aromatic heterocycles. The SMILES string of the molecule is C[C@@H]1C[C@@H](O)CN1C(=O)[C@H](NC(=O)CCCCNC(=O)C1CCC(NC(=O)c2cnc(Nc3ccc4cnccc4n3)cc2NC2CC2)CC1)C(C)(C)C. The zero-order chi connectivity index (χ0) is 38.4. The number of aromatic nitrogens is 3. The number of nitrogens with one attached hydrogen (secondary N) is 5. The van der Waals surface area contributed by atoms with Crippen LogP contribution in [0.2, 0.25) is 0 Å². The van der Waals surface area contributed by atoms with Crippen LogP contribution < -0.4 is 26.6 Å². The van der Waals surface area contributed by atoms with E-state index in [4.69, 9.17) is 0 Å². The van der Waals surface area contributed by atoms with Gasteiger partial charge in [-0.25, -0.2) is 9.97 Å². The number of rotatable bonds is 14. The van der Waals surface area contributed by atoms with Crippen molar-refractivity contribution in [2.45, 2.75) is 122 Å². The molecule has 0 spiro atoms. The Labute approximate surface area is 317 Å². The molecule has 6 N–H and O–H groups in total. The molecule has 0 bridgehead atoms. The Hall–Kier alpha value is -4.85. The zero-order valence-electron chi connectivity index (χ0n) is 31.9. The lowest BCUT2D eigenvalue weighted by Gasteiger charge is -2.35. The van der Waals surface area contributed by atoms with E-state index in [-0.39, 0.29) is 54.6 Å². The first-order chi connectivity index (χ1) is 25.8. The number of pyridine rings is 3. The van der Waals surface area contributed by atoms with E-state index in [2.05, 4.69) is 41.5 Å². The minimum Gasteiger partial charge on any atom is -0.391 e. The van der Waals surface area contributed by atoms with Crippen molar-refractivity contribution in [3.8, 4) is 0 Å². The number of carbonyl (C=O) groups excluding carboxylic acids is 4. The Morgan fingerprint density at radius 3 is 2.43 bits per heavy atom. The lowest BCUT2D eigenvalue weighted by atomic mass is 9.85. The number of likely N-dealkylation sites (tertiary alicyclic amines) is 1. The van der Waals surface area contributed by atoms with Crippen LogP contribution in [0.1, 0.15) is 102 Å². The first-order valence-electron chi connectivity index (χ1n) is 19.4. The van der Waals surface area contributed by atoms with Crippen LogP contribution >= 0.6 is 0 Å². The predicted octanol–water partition coefficient (Wildman–Crippen LogP) is 4.43. The average molecular weight is 742 g/mol. The van der Waals surface area contributed by atoms with E-state index in [1.807, 2.05) is 52.0 Å². The molecule has 3 aromatic rings. The summed E-state index contributed by atoms with van der Waals surface area (Å²) in [5, 5.41) is 26.8. The van der Waals surface area contributed by atoms with Crippen molar-refractivity contribution in [1.29, 1.82) is 0 Å². The molecule has 14 nitrogen and oxygen atoms in total. The van der Waals surface area contributed by atoms with E-state index in [1.54, 1.807) is 23.5 Å². The molecule has 6 rings (SSSR count). The maximum Gasteiger partial charge on any atom is 0.255 e. The molecule has 0 unspecified atom stereocenters. The fraction of sp³-hybridized carbons (Fsp3) is 0.575. The van der Waals surface area contributed by atoms with E-state index in [0.29, 0.717) is 74.7 Å². The Balaban J connectivity index is 0.915. The second kappa shape index (κ2) is 17.1. The molecule has 4 heterocycles. The number of amides is 4. The number of nitrogens with zero attached hydrogens (tertiary/aromatic N) is 4. The molecule has 1 saturated heterocycles. The van der Waals surface area contributed by atoms with Gasteiger partial charge in [-0.05, 0) is 88.3 Å². The van der Waals surface area contributed by atoms with Crippen molar-refractivity contribution in [1.82, 2.24) is 35.8 Å². The molecule has 2 saturated carbocycles. The van der Waals surface area contributed by atoms with Gasteiger partial charge in [0.1, 0.15) is 17.7 Å². The Morgan fingerprint density at radius 2 is 1.72 bits per heavy atom. The first-order valence-corrected chi connectivity index (χ1v) is 19.4. The van der Waals surface area contributed by atoms with Crippen LogP contribution in [0.3, 0.4) is 0 Å². The van der Waals surface area contributed by atoms with Gasteiger partial charge in [0.2, 0.25) is 17.7 Å². The summed E-state index contributed by atoms with van der Waals surface area (Å²) in [6, 6.07) is 7.07. The molecular formula is C40H55N9O5. The summed E-state index contributed by atoms with van der Waals surface area (Å²) in [6.07, 6.45) is 11.4. The lowest BCUT2D eigenvalue weighted by molar-refractivity contribution is -0.140. The number of fused-ring (bicyclic) bond motifs is 1. The summed E-state index contributed by atoms with van der Waals surface area (Å²) >= 11 is 0. The number of hydrogen-bond acceptors (Lipinski definition) is 10. The molecule has 4 amide bonds. The number of carbonyl (C=O) groups is 4. The summed E-state index contributed by atoms with van der Waals surface area (Å²) in [7, 11) is 0. The van der Waals surface area contributed by atoms with Gasteiger partial charge in [0.05, 0.1) is 22.9 Å². The monoisotopic (exact) mass is 741 g/mol. The van der Waals surface area contributed by atoms with Crippen molar-refractivity contribution in [2.24, 2.45) is 11.3 Å². The maximum atomic E-state index is 13.5. The minimum absolute atomic E-state index is 0.00493. The second-order valence-electron chi connectivity index (χ2n) is 16.3. The molecule has 3 aliphatic rings. The van der Waals surface area contributed by atoms with Crippen molar-refractivity contribution < 1.29 is 24.3 Å². The van der Waals surface area contributed by atoms with Gasteiger partial charge in [-0.15, -0.1) is 0 Å². The molecule has 54 heavy (non-hydrogen) atoms. The largest absolute Gasteiger partial charge is 0.391 e. The minimum atomic E-state index is -0.684. The number of β-amino-alcohol motifs (C(OH)–C–C–N with tert-alkyl or cyclic N) is 1. The highest BCUT2D eigenvalue weighted by Gasteiger charge is 2.40. The first kappa shape index (κ1) is 38.9. The third kappa shape index (κ3) is 10.2. The normalized spacial score (nSPS) is 22.0. The fourth-order valence-corrected chi connectivity index (χ4v) is 7.32. The van der Waals surface area contributed by atoms with Crippen LogP contribution in [-0.2, 0) is 14.4 Å². The standard InChI is InChI=1S/C40H55N9O5/c1-24-19-29(50)23-49(24)39(54)36(40(2,3)4)48-35(51)7-5-6-17-42-37(52)25-8-11-28(12-9-25)45-38(53)30-22-43-34(20-32(30)44-27-13-14-27)47-33-15-10-26-21-41-18-16-31(26)46-33/h10,15-16,18,20-22,24-25,27-29,36,50H,5-9,11-14,17,19,23H2,1-4H3,(H,42,52)(H,45,53)(H,48,51)(H2,43,44,46,47)/t24-,25?,28?,29-,36+/m1/s1. The molecule has 1 aliphatic heterocycles. The predicted molar refractivity (Wildman–Crippen MR) is 207 cm³/mol. The van der Waals surface area contributed by atoms with Gasteiger partial charge >= 0.3 is 0 Å². The highest BCUT2D eigenvalue weighted by molar-refractivity contribution is 6.00. The number of aliphatic hydroxyl groups is 1. The van der Waals surface area contributed by atoms with E-state index in [9.17, 15) is 24.3 Å². The highest BCUT2D eigenvalue weighted by atomic mass is 16.3. The molecule has 2 aliphatic carbocycles. The number of anilines is 3. The van der Waals surface area contributed by atoms with Crippen LogP contribution in [0.15, 0.2) is 42.9 Å². The second-order valence-corrected chi connectivity index (χ2v) is 16.3. The number of unbranched alkanes of at least 4 members (excludes halogenated alkanes) is 1. The van der Waals surface area contributed by atoms with Gasteiger partial charge in [0, 0.05) is 73.6 Å². The molecule has 14 heteroatoms. The summed E-state index contributed by atoms with van der Waals surface area (Å²) < 4.78 is 0. The van der Waals surface area contributed by atoms with Crippen molar-refractivity contribution >= 4 is 51.9 Å². The Kier molecular flexibility index (Phi) is 12.3. The van der Waals surface area contributed by atoms with Gasteiger partial charge < -0.3 is 36.6 Å². The third-order valence-electron chi connectivity index (χ3n) is 10.6. The third-order valence-corrected chi connectivity index (χ3v) is 10.6. The molecule has 3 atom stereocenters. The van der Waals surface area contributed by atoms with E-state index in [0.717, 1.165) is 29.4 Å². The number of aliphatic hydroxyl groups excluding tert-OH is 1. The molecule has 290 valence electrons. The van der Waals surface area contributed by atoms with E-state index < -0.39 is 17.6 Å². The van der Waals surface area contributed by atoms with Gasteiger partial charge in [-0.3, -0.25) is 24.2 Å². The van der Waals surface area contributed by atoms with E-state index >= 15 is 0 Å². The van der Waals surface area contributed by atoms with Crippen molar-refractivity contribution in [3.05, 3.63) is 48.4 Å². The Morgan fingerprint density at radius 1 is 0.963 bits per heavy atom. The van der Waals surface area contributed by atoms with Crippen LogP contribution in [0.5, 0.6) is 0 Å². The zero-order valence-corrected chi connectivity index (χ0v) is 31.9. The lowest BCUT2D eigenvalue weighted by Crippen LogP contribution is -2.55. The molecule has 3 fully saturated rings. The maximum absolute atomic E-state index is 13.5. The van der Waals surface area contributed by atoms with Gasteiger partial charge in [0.15, 0.2) is 0 Å². The summed E-state index contributed by atoms with van der Waals surface area (Å²) in [5.41, 5.74) is 1.55. The summed E-state index contributed by atoms with van der Waals surface area (Å²) in [6.45, 7) is 8.44. The average Bonchev–Trinajstić information content (AvgIpc) is 3.89. The summed E-state index contributed by atoms with van der Waals surface area (Å²) in [4.78, 5) is 67.5. The van der Waals surface area contributed by atoms with Crippen molar-refractivity contribution in [2.75, 3.05) is 23.7 Å². The van der Waals surface area contributed by atoms with Crippen molar-refractivity contribution in [3.63, 3.8) is 0 Å². The Bertz CT molecular complexity index is 1820. The van der Waals surface area contributed by atoms with Crippen LogP contribution in [0.25, 0.3) is 10.9 Å². The molecule has 0 aromatic carbocycles. The van der Waals surface area contributed by atoms with Crippen LogP contribution in [0, 0.1) is 11.3 Å². The highest BCUT2D eigenvalue weighted by Crippen LogP contribution is 2.31. The van der Waals surface area contributed by atoms with E-state index in [1.165, 1.54) is 0 Å². The smallest absolute Gasteiger partial charge is 0.255 e. The van der Waals surface area contributed by atoms with Crippen LogP contribution in [-0.4, -0.2) is 91.9 Å². The fourth-order valence-electron chi connectivity index (χ4n) is 7.32. The van der Waals surface area contributed by atoms with Crippen LogP contribution in [0.4, 0.5) is 17.3 Å². The molecule has 0 radical (unpaired) electrons. The topological polar surface area (TPSA) is 191 Å². The quantitative estimate of drug-likeness (QED) is 0.129. The van der Waals surface area contributed by atoms with Gasteiger partial charge in [-0.2, -0.15) is 0 Å². The number of hydrogen-bond donors (Lipinski definition) is 6. The van der Waals surface area contributed by atoms with Gasteiger partial charge in [0.25, 0.3) is 5.91 Å².